The third kappa shape index (κ3) is 5.47. The van der Waals surface area contributed by atoms with Crippen LogP contribution in [0.3, 0.4) is 0 Å². The maximum Gasteiger partial charge on any atom is 0.0726 e. The van der Waals surface area contributed by atoms with E-state index in [1.54, 1.807) is 0 Å². The lowest BCUT2D eigenvalue weighted by Gasteiger charge is -2.34. The smallest absolute Gasteiger partial charge is 0.0726 e. The van der Waals surface area contributed by atoms with Gasteiger partial charge in [-0.2, -0.15) is 0 Å². The Morgan fingerprint density at radius 3 is 1.71 bits per heavy atom. The van der Waals surface area contributed by atoms with Crippen LogP contribution in [0.2, 0.25) is 0 Å². The van der Waals surface area contributed by atoms with Crippen LogP contribution >= 0.6 is 11.3 Å². The molecule has 1 nitrogen and oxygen atoms in total. The van der Waals surface area contributed by atoms with Crippen LogP contribution in [-0.4, -0.2) is 0 Å². The fourth-order valence-electron chi connectivity index (χ4n) is 11.0. The van der Waals surface area contributed by atoms with Crippen molar-refractivity contribution >= 4 is 59.3 Å². The van der Waals surface area contributed by atoms with Crippen molar-refractivity contribution in [2.24, 2.45) is 0 Å². The van der Waals surface area contributed by atoms with Gasteiger partial charge in [-0.3, -0.25) is 0 Å². The molecule has 0 saturated carbocycles. The molecule has 0 unspecified atom stereocenters. The minimum Gasteiger partial charge on any atom is -0.308 e. The van der Waals surface area contributed by atoms with Crippen molar-refractivity contribution in [3.05, 3.63) is 221 Å². The predicted molar refractivity (Wildman–Crippen MR) is 271 cm³/mol. The van der Waals surface area contributed by atoms with Gasteiger partial charge < -0.3 is 4.90 Å². The molecule has 0 radical (unpaired) electrons. The molecule has 0 amide bonds. The van der Waals surface area contributed by atoms with Crippen LogP contribution in [0.15, 0.2) is 188 Å². The van der Waals surface area contributed by atoms with Crippen molar-refractivity contribution in [1.29, 1.82) is 0 Å². The summed E-state index contributed by atoms with van der Waals surface area (Å²) in [6.45, 7) is 14.1. The molecule has 2 aliphatic rings. The Morgan fingerprint density at radius 1 is 0.413 bits per heavy atom. The summed E-state index contributed by atoms with van der Waals surface area (Å²) in [5.74, 6) is 0. The van der Waals surface area contributed by atoms with Crippen molar-refractivity contribution in [3.8, 4) is 33.4 Å². The van der Waals surface area contributed by atoms with Crippen LogP contribution in [-0.2, 0) is 16.2 Å². The zero-order chi connectivity index (χ0) is 42.8. The highest BCUT2D eigenvalue weighted by Crippen LogP contribution is 2.66. The first kappa shape index (κ1) is 38.0. The van der Waals surface area contributed by atoms with Crippen molar-refractivity contribution in [2.75, 3.05) is 4.90 Å². The molecule has 304 valence electrons. The number of hydrogen-bond donors (Lipinski definition) is 0. The zero-order valence-electron chi connectivity index (χ0n) is 36.8. The van der Waals surface area contributed by atoms with E-state index in [2.05, 4.69) is 234 Å². The summed E-state index contributed by atoms with van der Waals surface area (Å²) in [6.07, 6.45) is 0. The van der Waals surface area contributed by atoms with Gasteiger partial charge in [0.25, 0.3) is 0 Å². The van der Waals surface area contributed by atoms with Gasteiger partial charge in [-0.1, -0.05) is 205 Å². The standard InChI is InChI=1S/C61H49NS/c1-59(2,3)40-31-33-44-45-34-32-41(60(4,5)6)37-51(45)61(50(44)36-40)48-25-14-12-23-46(48)57-49(61)26-17-28-53(57)62(52-27-15-13-21-42(52)38-18-8-7-9-19-38)54-29-16-24-47-56-43-22-11-10-20-39(43)30-35-55(56)63-58(47)54/h7-37H,1-6H3. The molecule has 1 spiro atoms. The second kappa shape index (κ2) is 13.6. The average molecular weight is 828 g/mol. The number of benzene rings is 9. The van der Waals surface area contributed by atoms with Crippen LogP contribution in [0.25, 0.3) is 64.3 Å². The molecule has 0 N–H and O–H groups in total. The second-order valence-corrected chi connectivity index (χ2v) is 20.7. The van der Waals surface area contributed by atoms with E-state index in [4.69, 9.17) is 0 Å². The number of rotatable bonds is 4. The second-order valence-electron chi connectivity index (χ2n) is 19.7. The molecule has 1 heterocycles. The number of fused-ring (bicyclic) bond motifs is 15. The van der Waals surface area contributed by atoms with Gasteiger partial charge in [-0.15, -0.1) is 11.3 Å². The van der Waals surface area contributed by atoms with Gasteiger partial charge in [0.05, 0.1) is 27.2 Å². The van der Waals surface area contributed by atoms with E-state index >= 15 is 0 Å². The van der Waals surface area contributed by atoms with E-state index in [1.165, 1.54) is 109 Å². The van der Waals surface area contributed by atoms with Gasteiger partial charge >= 0.3 is 0 Å². The van der Waals surface area contributed by atoms with Crippen LogP contribution < -0.4 is 4.90 Å². The van der Waals surface area contributed by atoms with Gasteiger partial charge in [-0.25, -0.2) is 0 Å². The Hall–Kier alpha value is -6.74. The third-order valence-corrected chi connectivity index (χ3v) is 15.2. The highest BCUT2D eigenvalue weighted by molar-refractivity contribution is 7.26. The van der Waals surface area contributed by atoms with Gasteiger partial charge in [0, 0.05) is 26.6 Å². The Kier molecular flexibility index (Phi) is 8.22. The maximum absolute atomic E-state index is 2.60. The number of para-hydroxylation sites is 1. The summed E-state index contributed by atoms with van der Waals surface area (Å²) < 4.78 is 2.59. The molecule has 2 heteroatoms. The Bertz CT molecular complexity index is 3420. The van der Waals surface area contributed by atoms with Crippen molar-refractivity contribution in [3.63, 3.8) is 0 Å². The molecule has 9 aromatic carbocycles. The van der Waals surface area contributed by atoms with E-state index in [9.17, 15) is 0 Å². The lowest BCUT2D eigenvalue weighted by Crippen LogP contribution is -2.27. The van der Waals surface area contributed by atoms with Gasteiger partial charge in [0.2, 0.25) is 0 Å². The molecule has 0 aliphatic heterocycles. The highest BCUT2D eigenvalue weighted by Gasteiger charge is 2.53. The summed E-state index contributed by atoms with van der Waals surface area (Å²) in [5, 5.41) is 5.19. The largest absolute Gasteiger partial charge is 0.308 e. The Morgan fingerprint density at radius 2 is 0.984 bits per heavy atom. The summed E-state index contributed by atoms with van der Waals surface area (Å²) in [4.78, 5) is 2.60. The number of hydrogen-bond acceptors (Lipinski definition) is 2. The zero-order valence-corrected chi connectivity index (χ0v) is 37.6. The monoisotopic (exact) mass is 827 g/mol. The lowest BCUT2D eigenvalue weighted by molar-refractivity contribution is 0.586. The minimum absolute atomic E-state index is 0.0173. The predicted octanol–water partition coefficient (Wildman–Crippen LogP) is 17.3. The average Bonchev–Trinajstić information content (AvgIpc) is 3.94. The number of anilines is 3. The molecule has 2 aliphatic carbocycles. The summed E-state index contributed by atoms with van der Waals surface area (Å²) >= 11 is 1.91. The Balaban J connectivity index is 1.22. The van der Waals surface area contributed by atoms with Crippen LogP contribution in [0.1, 0.15) is 74.9 Å². The molecular formula is C61H49NS. The molecule has 1 aromatic heterocycles. The normalized spacial score (nSPS) is 13.7. The van der Waals surface area contributed by atoms with Gasteiger partial charge in [0.1, 0.15) is 0 Å². The van der Waals surface area contributed by atoms with Gasteiger partial charge in [0.15, 0.2) is 0 Å². The van der Waals surface area contributed by atoms with Crippen LogP contribution in [0, 0.1) is 0 Å². The van der Waals surface area contributed by atoms with Gasteiger partial charge in [-0.05, 0) is 102 Å². The first-order valence-corrected chi connectivity index (χ1v) is 23.2. The van der Waals surface area contributed by atoms with E-state index in [1.807, 2.05) is 11.3 Å². The fourth-order valence-corrected chi connectivity index (χ4v) is 12.2. The Labute approximate surface area is 374 Å². The summed E-state index contributed by atoms with van der Waals surface area (Å²) in [6, 6.07) is 71.4. The van der Waals surface area contributed by atoms with Crippen LogP contribution in [0.5, 0.6) is 0 Å². The van der Waals surface area contributed by atoms with E-state index in [0.717, 1.165) is 5.69 Å². The molecule has 63 heavy (non-hydrogen) atoms. The first-order valence-electron chi connectivity index (χ1n) is 22.3. The van der Waals surface area contributed by atoms with E-state index in [-0.39, 0.29) is 10.8 Å². The topological polar surface area (TPSA) is 3.24 Å². The number of nitrogens with zero attached hydrogens (tertiary/aromatic N) is 1. The highest BCUT2D eigenvalue weighted by atomic mass is 32.1. The number of thiophene rings is 1. The van der Waals surface area contributed by atoms with Crippen molar-refractivity contribution in [1.82, 2.24) is 0 Å². The molecule has 0 fully saturated rings. The lowest BCUT2D eigenvalue weighted by atomic mass is 9.69. The molecule has 0 bridgehead atoms. The molecule has 10 aromatic rings. The fraction of sp³-hybridized carbons (Fsp3) is 0.148. The third-order valence-electron chi connectivity index (χ3n) is 14.0. The molecule has 12 rings (SSSR count). The SMILES string of the molecule is CC(C)(C)c1ccc2c(c1)C1(c3cc(C(C)(C)C)ccc3-2)c2ccccc2-c2c(N(c3ccccc3-c3ccccc3)c3cccc4c3sc3ccc5ccccc5c34)cccc21. The van der Waals surface area contributed by atoms with E-state index in [0.29, 0.717) is 0 Å². The maximum atomic E-state index is 2.60. The molecule has 0 saturated heterocycles. The van der Waals surface area contributed by atoms with Crippen molar-refractivity contribution in [2.45, 2.75) is 57.8 Å². The molecular weight excluding hydrogens is 779 g/mol. The van der Waals surface area contributed by atoms with E-state index < -0.39 is 5.41 Å². The van der Waals surface area contributed by atoms with Crippen LogP contribution in [0.4, 0.5) is 17.1 Å². The van der Waals surface area contributed by atoms with Crippen molar-refractivity contribution < 1.29 is 0 Å². The summed E-state index contributed by atoms with van der Waals surface area (Å²) in [7, 11) is 0. The summed E-state index contributed by atoms with van der Waals surface area (Å²) in [5.41, 5.74) is 18.8. The molecule has 0 atom stereocenters. The quantitative estimate of drug-likeness (QED) is 0.171. The first-order chi connectivity index (χ1) is 30.5. The minimum atomic E-state index is -0.512.